The SMILES string of the molecule is COc1ccc(O[C@@H]2O[C@H](CO[Si](c3ccccc3)(c3ccccc3)C(C)(C)C)[C@H](OC(=O)c3ccc(C)cc3)[C@H](OC(C)=O)[C@H]2OC(C)=O)cc1. The van der Waals surface area contributed by atoms with Crippen molar-refractivity contribution < 1.29 is 47.2 Å². The number of benzene rings is 4. The van der Waals surface area contributed by atoms with E-state index >= 15 is 0 Å². The zero-order valence-corrected chi connectivity index (χ0v) is 31.6. The van der Waals surface area contributed by atoms with E-state index in [0.717, 1.165) is 15.9 Å². The number of hydrogen-bond acceptors (Lipinski definition) is 10. The Balaban J connectivity index is 1.62. The van der Waals surface area contributed by atoms with Crippen molar-refractivity contribution in [3.05, 3.63) is 120 Å². The molecule has 52 heavy (non-hydrogen) atoms. The van der Waals surface area contributed by atoms with Gasteiger partial charge in [-0.2, -0.15) is 0 Å². The number of rotatable bonds is 12. The van der Waals surface area contributed by atoms with Gasteiger partial charge in [-0.05, 0) is 58.7 Å². The lowest BCUT2D eigenvalue weighted by Crippen LogP contribution is -2.69. The fraction of sp³-hybridized carbons (Fsp3) is 0.341. The molecule has 11 heteroatoms. The topological polar surface area (TPSA) is 116 Å². The van der Waals surface area contributed by atoms with Gasteiger partial charge >= 0.3 is 17.9 Å². The standard InChI is InChI=1S/C41H46O10Si/c1-27-18-20-30(21-19-27)39(44)51-36-35(26-46-52(41(4,5)6,33-14-10-8-11-15-33)34-16-12-9-13-17-34)50-40(49-32-24-22-31(45-7)23-25-32)38(48-29(3)43)37(36)47-28(2)42/h8-25,35-38,40H,26H2,1-7H3/t35-,36+,37+,38-,40-/m1/s1. The molecular formula is C41H46O10Si. The fourth-order valence-corrected chi connectivity index (χ4v) is 11.1. The van der Waals surface area contributed by atoms with Crippen molar-refractivity contribution in [2.45, 2.75) is 77.3 Å². The summed E-state index contributed by atoms with van der Waals surface area (Å²) in [5, 5.41) is 1.66. The molecule has 0 aromatic heterocycles. The van der Waals surface area contributed by atoms with Crippen molar-refractivity contribution in [2.24, 2.45) is 0 Å². The number of aryl methyl sites for hydroxylation is 1. The van der Waals surface area contributed by atoms with Crippen molar-refractivity contribution in [3.63, 3.8) is 0 Å². The van der Waals surface area contributed by atoms with E-state index in [9.17, 15) is 14.4 Å². The third-order valence-electron chi connectivity index (χ3n) is 8.92. The molecule has 0 saturated carbocycles. The number of carbonyl (C=O) groups is 3. The van der Waals surface area contributed by atoms with Crippen LogP contribution in [0.2, 0.25) is 5.04 Å². The van der Waals surface area contributed by atoms with Crippen molar-refractivity contribution in [3.8, 4) is 11.5 Å². The van der Waals surface area contributed by atoms with Gasteiger partial charge in [0.2, 0.25) is 12.4 Å². The van der Waals surface area contributed by atoms with Crippen LogP contribution in [0.25, 0.3) is 0 Å². The molecule has 0 unspecified atom stereocenters. The highest BCUT2D eigenvalue weighted by Gasteiger charge is 2.56. The molecule has 1 aliphatic heterocycles. The highest BCUT2D eigenvalue weighted by Crippen LogP contribution is 2.38. The number of esters is 3. The van der Waals surface area contributed by atoms with Crippen LogP contribution >= 0.6 is 0 Å². The van der Waals surface area contributed by atoms with Crippen LogP contribution in [-0.2, 0) is 33.0 Å². The van der Waals surface area contributed by atoms with E-state index in [1.807, 2.05) is 43.3 Å². The van der Waals surface area contributed by atoms with Crippen LogP contribution < -0.4 is 19.8 Å². The summed E-state index contributed by atoms with van der Waals surface area (Å²) >= 11 is 0. The molecule has 274 valence electrons. The Morgan fingerprint density at radius 3 is 1.69 bits per heavy atom. The minimum Gasteiger partial charge on any atom is -0.497 e. The van der Waals surface area contributed by atoms with Gasteiger partial charge < -0.3 is 32.8 Å². The second-order valence-electron chi connectivity index (χ2n) is 13.7. The molecule has 5 atom stereocenters. The number of carbonyl (C=O) groups excluding carboxylic acids is 3. The van der Waals surface area contributed by atoms with E-state index in [-0.39, 0.29) is 12.2 Å². The first-order chi connectivity index (χ1) is 24.8. The van der Waals surface area contributed by atoms with Gasteiger partial charge in [-0.1, -0.05) is 99.1 Å². The van der Waals surface area contributed by atoms with Crippen LogP contribution in [0.1, 0.15) is 50.5 Å². The average Bonchev–Trinajstić information content (AvgIpc) is 3.11. The predicted molar refractivity (Wildman–Crippen MR) is 197 cm³/mol. The van der Waals surface area contributed by atoms with Gasteiger partial charge in [0.1, 0.15) is 17.6 Å². The first-order valence-electron chi connectivity index (χ1n) is 17.2. The van der Waals surface area contributed by atoms with Crippen molar-refractivity contribution in [1.82, 2.24) is 0 Å². The number of methoxy groups -OCH3 is 1. The molecule has 4 aromatic carbocycles. The molecule has 0 amide bonds. The quantitative estimate of drug-likeness (QED) is 0.101. The Bertz CT molecular complexity index is 1750. The highest BCUT2D eigenvalue weighted by atomic mass is 28.4. The van der Waals surface area contributed by atoms with E-state index in [1.54, 1.807) is 55.6 Å². The Morgan fingerprint density at radius 1 is 0.673 bits per heavy atom. The fourth-order valence-electron chi connectivity index (χ4n) is 6.53. The summed E-state index contributed by atoms with van der Waals surface area (Å²) in [5.41, 5.74) is 1.24. The van der Waals surface area contributed by atoms with Crippen LogP contribution in [0.5, 0.6) is 11.5 Å². The van der Waals surface area contributed by atoms with Crippen LogP contribution in [0.4, 0.5) is 0 Å². The van der Waals surface area contributed by atoms with E-state index in [0.29, 0.717) is 11.5 Å². The summed E-state index contributed by atoms with van der Waals surface area (Å²) in [5.74, 6) is -1.08. The summed E-state index contributed by atoms with van der Waals surface area (Å²) in [6.45, 7) is 10.7. The Morgan fingerprint density at radius 2 is 1.19 bits per heavy atom. The van der Waals surface area contributed by atoms with Gasteiger partial charge in [-0.25, -0.2) is 4.79 Å². The maximum absolute atomic E-state index is 13.8. The minimum atomic E-state index is -3.15. The zero-order valence-electron chi connectivity index (χ0n) is 30.6. The summed E-state index contributed by atoms with van der Waals surface area (Å²) in [6.07, 6.45) is -6.31. The van der Waals surface area contributed by atoms with Crippen LogP contribution in [0.3, 0.4) is 0 Å². The Labute approximate surface area is 306 Å². The summed E-state index contributed by atoms with van der Waals surface area (Å²) in [6, 6.07) is 33.8. The van der Waals surface area contributed by atoms with Crippen LogP contribution in [0, 0.1) is 6.92 Å². The number of hydrogen-bond donors (Lipinski definition) is 0. The summed E-state index contributed by atoms with van der Waals surface area (Å²) < 4.78 is 43.2. The average molecular weight is 727 g/mol. The molecule has 1 heterocycles. The van der Waals surface area contributed by atoms with Gasteiger partial charge in [-0.15, -0.1) is 0 Å². The maximum atomic E-state index is 13.8. The van der Waals surface area contributed by atoms with Gasteiger partial charge in [0, 0.05) is 13.8 Å². The van der Waals surface area contributed by atoms with Gasteiger partial charge in [0.25, 0.3) is 8.32 Å². The normalized spacial score (nSPS) is 20.3. The third-order valence-corrected chi connectivity index (χ3v) is 13.9. The highest BCUT2D eigenvalue weighted by molar-refractivity contribution is 6.99. The second kappa shape index (κ2) is 16.6. The van der Waals surface area contributed by atoms with Crippen molar-refractivity contribution >= 4 is 36.6 Å². The lowest BCUT2D eigenvalue weighted by molar-refractivity contribution is -0.283. The van der Waals surface area contributed by atoms with E-state index in [1.165, 1.54) is 13.8 Å². The molecule has 0 aliphatic carbocycles. The molecule has 1 fully saturated rings. The smallest absolute Gasteiger partial charge is 0.338 e. The predicted octanol–water partition coefficient (Wildman–Crippen LogP) is 5.77. The summed E-state index contributed by atoms with van der Waals surface area (Å²) in [4.78, 5) is 39.0. The van der Waals surface area contributed by atoms with Gasteiger partial charge in [-0.3, -0.25) is 9.59 Å². The monoisotopic (exact) mass is 726 g/mol. The molecule has 0 N–H and O–H groups in total. The molecule has 0 radical (unpaired) electrons. The van der Waals surface area contributed by atoms with Crippen LogP contribution in [-0.4, -0.2) is 70.6 Å². The van der Waals surface area contributed by atoms with Crippen LogP contribution in [0.15, 0.2) is 109 Å². The molecule has 5 rings (SSSR count). The van der Waals surface area contributed by atoms with Gasteiger partial charge in [0.15, 0.2) is 12.2 Å². The lowest BCUT2D eigenvalue weighted by Gasteiger charge is -2.47. The van der Waals surface area contributed by atoms with Crippen molar-refractivity contribution in [1.29, 1.82) is 0 Å². The van der Waals surface area contributed by atoms with Gasteiger partial charge in [0.05, 0.1) is 19.3 Å². The molecular weight excluding hydrogens is 681 g/mol. The summed E-state index contributed by atoms with van der Waals surface area (Å²) in [7, 11) is -1.59. The van der Waals surface area contributed by atoms with E-state index < -0.39 is 62.0 Å². The minimum absolute atomic E-state index is 0.105. The molecule has 0 bridgehead atoms. The molecule has 0 spiro atoms. The number of ether oxygens (including phenoxy) is 6. The van der Waals surface area contributed by atoms with Crippen molar-refractivity contribution in [2.75, 3.05) is 13.7 Å². The molecule has 1 aliphatic rings. The second-order valence-corrected chi connectivity index (χ2v) is 18.0. The Hall–Kier alpha value is -4.97. The van der Waals surface area contributed by atoms with E-state index in [2.05, 4.69) is 45.0 Å². The molecule has 4 aromatic rings. The first-order valence-corrected chi connectivity index (χ1v) is 19.1. The first kappa shape index (κ1) is 38.3. The zero-order chi connectivity index (χ0) is 37.5. The third kappa shape index (κ3) is 8.72. The lowest BCUT2D eigenvalue weighted by atomic mass is 9.98. The molecule has 10 nitrogen and oxygen atoms in total. The maximum Gasteiger partial charge on any atom is 0.338 e. The van der Waals surface area contributed by atoms with E-state index in [4.69, 9.17) is 32.8 Å². The largest absolute Gasteiger partial charge is 0.497 e. The molecule has 1 saturated heterocycles. The Kier molecular flexibility index (Phi) is 12.2.